The number of nitrogens with zero attached hydrogens (tertiary/aromatic N) is 1. The number of hydrogen-bond acceptors (Lipinski definition) is 8. The summed E-state index contributed by atoms with van der Waals surface area (Å²) in [7, 11) is 0. The Morgan fingerprint density at radius 2 is 1.51 bits per heavy atom. The van der Waals surface area contributed by atoms with Crippen molar-refractivity contribution in [2.75, 3.05) is 13.1 Å². The van der Waals surface area contributed by atoms with Gasteiger partial charge in [-0.05, 0) is 50.3 Å². The predicted octanol–water partition coefficient (Wildman–Crippen LogP) is -2.37. The van der Waals surface area contributed by atoms with Gasteiger partial charge in [0.1, 0.15) is 18.1 Å². The summed E-state index contributed by atoms with van der Waals surface area (Å²) >= 11 is 0. The van der Waals surface area contributed by atoms with Gasteiger partial charge in [-0.25, -0.2) is 4.79 Å². The fraction of sp³-hybridized carbons (Fsp3) is 0.481. The number of para-hydroxylation sites is 1. The van der Waals surface area contributed by atoms with Crippen LogP contribution in [-0.4, -0.2) is 82.9 Å². The second-order valence-electron chi connectivity index (χ2n) is 10.1. The fourth-order valence-corrected chi connectivity index (χ4v) is 4.37. The number of rotatable bonds is 19. The Morgan fingerprint density at radius 3 is 2.16 bits per heavy atom. The zero-order valence-electron chi connectivity index (χ0n) is 23.9. The molecular weight excluding hydrogens is 560 g/mol. The van der Waals surface area contributed by atoms with Crippen LogP contribution in [0.25, 0.3) is 10.9 Å². The first-order chi connectivity index (χ1) is 20.4. The standard InChI is InChI=1S/C27H42N10O6/c28-10-4-3-9-19(24(40)37-21(26(42)43)12-15-14-34-18-8-2-1-6-16(15)18)35-25(41)20(13-22(30)38)36-23(39)17(29)7-5-11-33-27(31)32/h1-2,6,8,14,17,19-21,34H,3-5,7,9-13,28-29H2,(H2,30,38)(H,35,41)(H,36,39)(H,37,40)(H,42,43)(H4,31,32,33). The Kier molecular flexibility index (Phi) is 13.9. The van der Waals surface area contributed by atoms with Crippen LogP contribution >= 0.6 is 0 Å². The molecule has 1 heterocycles. The van der Waals surface area contributed by atoms with Crippen LogP contribution in [0.2, 0.25) is 0 Å². The topological polar surface area (TPSA) is 300 Å². The van der Waals surface area contributed by atoms with Crippen molar-refractivity contribution in [1.82, 2.24) is 20.9 Å². The van der Waals surface area contributed by atoms with Crippen molar-refractivity contribution in [2.45, 2.75) is 69.1 Å². The quantitative estimate of drug-likeness (QED) is 0.0463. The van der Waals surface area contributed by atoms with Gasteiger partial charge in [0.2, 0.25) is 23.6 Å². The molecular formula is C27H42N10O6. The number of benzene rings is 1. The van der Waals surface area contributed by atoms with Crippen molar-refractivity contribution in [1.29, 1.82) is 0 Å². The molecule has 0 spiro atoms. The van der Waals surface area contributed by atoms with E-state index in [4.69, 9.17) is 28.7 Å². The van der Waals surface area contributed by atoms with Gasteiger partial charge >= 0.3 is 5.97 Å². The van der Waals surface area contributed by atoms with E-state index in [1.54, 1.807) is 6.20 Å². The fourth-order valence-electron chi connectivity index (χ4n) is 4.37. The number of nitrogens with two attached hydrogens (primary N) is 5. The minimum atomic E-state index is -1.43. The maximum Gasteiger partial charge on any atom is 0.326 e. The zero-order valence-corrected chi connectivity index (χ0v) is 23.9. The third kappa shape index (κ3) is 11.6. The van der Waals surface area contributed by atoms with Crippen LogP contribution in [0.3, 0.4) is 0 Å². The van der Waals surface area contributed by atoms with Crippen molar-refractivity contribution >= 4 is 46.5 Å². The molecule has 16 nitrogen and oxygen atoms in total. The van der Waals surface area contributed by atoms with E-state index in [9.17, 15) is 29.1 Å². The summed E-state index contributed by atoms with van der Waals surface area (Å²) in [5, 5.41) is 18.1. The van der Waals surface area contributed by atoms with E-state index in [0.717, 1.165) is 10.9 Å². The lowest BCUT2D eigenvalue weighted by molar-refractivity contribution is -0.142. The number of hydrogen-bond donors (Lipinski definition) is 10. The number of primary amides is 1. The second-order valence-corrected chi connectivity index (χ2v) is 10.1. The van der Waals surface area contributed by atoms with Crippen LogP contribution in [0.15, 0.2) is 35.5 Å². The molecule has 2 rings (SSSR count). The van der Waals surface area contributed by atoms with E-state index >= 15 is 0 Å². The number of carbonyl (C=O) groups excluding carboxylic acids is 4. The van der Waals surface area contributed by atoms with Gasteiger partial charge in [0.25, 0.3) is 0 Å². The number of aromatic amines is 1. The summed E-state index contributed by atoms with van der Waals surface area (Å²) in [5.74, 6) is -4.59. The van der Waals surface area contributed by atoms with Crippen molar-refractivity contribution in [2.24, 2.45) is 33.7 Å². The van der Waals surface area contributed by atoms with Crippen molar-refractivity contribution in [3.8, 4) is 0 Å². The molecule has 0 fully saturated rings. The summed E-state index contributed by atoms with van der Waals surface area (Å²) in [4.78, 5) is 69.8. The first-order valence-electron chi connectivity index (χ1n) is 13.9. The Bertz CT molecular complexity index is 1290. The van der Waals surface area contributed by atoms with Crippen LogP contribution in [0.1, 0.15) is 44.1 Å². The van der Waals surface area contributed by atoms with Crippen LogP contribution in [-0.2, 0) is 30.4 Å². The number of aromatic nitrogens is 1. The van der Waals surface area contributed by atoms with E-state index in [2.05, 4.69) is 25.9 Å². The smallest absolute Gasteiger partial charge is 0.326 e. The summed E-state index contributed by atoms with van der Waals surface area (Å²) in [6, 6.07) is 2.37. The SMILES string of the molecule is NCCCCC(NC(=O)C(CC(N)=O)NC(=O)C(N)CCCN=C(N)N)C(=O)NC(Cc1c[nH]c2ccccc12)C(=O)O. The third-order valence-electron chi connectivity index (χ3n) is 6.64. The van der Waals surface area contributed by atoms with E-state index in [1.165, 1.54) is 0 Å². The molecule has 1 aromatic heterocycles. The molecule has 4 amide bonds. The first kappa shape index (κ1) is 34.5. The minimum Gasteiger partial charge on any atom is -0.480 e. The maximum absolute atomic E-state index is 13.3. The maximum atomic E-state index is 13.3. The number of aliphatic carboxylic acids is 1. The Morgan fingerprint density at radius 1 is 0.860 bits per heavy atom. The largest absolute Gasteiger partial charge is 0.480 e. The van der Waals surface area contributed by atoms with Crippen LogP contribution < -0.4 is 44.6 Å². The molecule has 0 saturated carbocycles. The molecule has 236 valence electrons. The highest BCUT2D eigenvalue weighted by atomic mass is 16.4. The number of aliphatic imine (C=N–C) groups is 1. The van der Waals surface area contributed by atoms with E-state index in [1.807, 2.05) is 24.3 Å². The third-order valence-corrected chi connectivity index (χ3v) is 6.64. The van der Waals surface area contributed by atoms with E-state index in [-0.39, 0.29) is 31.8 Å². The Hall–Kier alpha value is -4.70. The monoisotopic (exact) mass is 602 g/mol. The molecule has 16 heteroatoms. The number of carboxylic acids is 1. The van der Waals surface area contributed by atoms with Gasteiger partial charge in [-0.15, -0.1) is 0 Å². The summed E-state index contributed by atoms with van der Waals surface area (Å²) in [5.41, 5.74) is 28.8. The van der Waals surface area contributed by atoms with Crippen LogP contribution in [0.5, 0.6) is 0 Å². The number of carbonyl (C=O) groups is 5. The molecule has 0 aliphatic carbocycles. The van der Waals surface area contributed by atoms with Crippen molar-refractivity contribution in [3.05, 3.63) is 36.0 Å². The molecule has 0 bridgehead atoms. The van der Waals surface area contributed by atoms with Crippen LogP contribution in [0.4, 0.5) is 0 Å². The lowest BCUT2D eigenvalue weighted by atomic mass is 10.0. The van der Waals surface area contributed by atoms with E-state index in [0.29, 0.717) is 31.4 Å². The van der Waals surface area contributed by atoms with Gasteiger partial charge < -0.3 is 54.7 Å². The molecule has 4 unspecified atom stereocenters. The highest BCUT2D eigenvalue weighted by molar-refractivity contribution is 5.96. The predicted molar refractivity (Wildman–Crippen MR) is 160 cm³/mol. The van der Waals surface area contributed by atoms with Gasteiger partial charge in [0.05, 0.1) is 12.5 Å². The minimum absolute atomic E-state index is 0.0179. The molecule has 0 saturated heterocycles. The summed E-state index contributed by atoms with van der Waals surface area (Å²) < 4.78 is 0. The number of guanidine groups is 1. The molecule has 43 heavy (non-hydrogen) atoms. The first-order valence-corrected chi connectivity index (χ1v) is 13.9. The molecule has 0 aliphatic heterocycles. The molecule has 0 aliphatic rings. The van der Waals surface area contributed by atoms with Crippen molar-refractivity contribution < 1.29 is 29.1 Å². The lowest BCUT2D eigenvalue weighted by Crippen LogP contribution is -2.57. The van der Waals surface area contributed by atoms with Gasteiger partial charge in [0.15, 0.2) is 5.96 Å². The van der Waals surface area contributed by atoms with Gasteiger partial charge in [-0.1, -0.05) is 18.2 Å². The number of unbranched alkanes of at least 4 members (excludes halogenated alkanes) is 1. The van der Waals surface area contributed by atoms with Crippen LogP contribution in [0, 0.1) is 0 Å². The van der Waals surface area contributed by atoms with Gasteiger partial charge in [-0.3, -0.25) is 24.2 Å². The average Bonchev–Trinajstić information content (AvgIpc) is 3.36. The molecule has 2 aromatic rings. The Labute approximate surface area is 248 Å². The zero-order chi connectivity index (χ0) is 31.9. The number of nitrogens with one attached hydrogen (secondary N) is 4. The molecule has 0 radical (unpaired) electrons. The average molecular weight is 603 g/mol. The second kappa shape index (κ2) is 17.3. The lowest BCUT2D eigenvalue weighted by Gasteiger charge is -2.25. The molecule has 4 atom stereocenters. The molecule has 1 aromatic carbocycles. The summed E-state index contributed by atoms with van der Waals surface area (Å²) in [6.45, 7) is 0.577. The molecule has 15 N–H and O–H groups in total. The highest BCUT2D eigenvalue weighted by Gasteiger charge is 2.31. The normalized spacial score (nSPS) is 13.7. The van der Waals surface area contributed by atoms with Crippen molar-refractivity contribution in [3.63, 3.8) is 0 Å². The van der Waals surface area contributed by atoms with Gasteiger partial charge in [0, 0.05) is 30.1 Å². The summed E-state index contributed by atoms with van der Waals surface area (Å²) in [6.07, 6.45) is 2.75. The Balaban J connectivity index is 2.14. The number of carboxylic acid groups (broad SMARTS) is 1. The van der Waals surface area contributed by atoms with Gasteiger partial charge in [-0.2, -0.15) is 0 Å². The van der Waals surface area contributed by atoms with E-state index < -0.39 is 60.2 Å². The number of amides is 4. The number of H-pyrrole nitrogens is 1. The highest BCUT2D eigenvalue weighted by Crippen LogP contribution is 2.19. The number of fused-ring (bicyclic) bond motifs is 1.